The number of hydrogen-bond acceptors (Lipinski definition) is 6. The van der Waals surface area contributed by atoms with Gasteiger partial charge in [-0.2, -0.15) is 0 Å². The lowest BCUT2D eigenvalue weighted by atomic mass is 10.3. The molecule has 0 radical (unpaired) electrons. The normalized spacial score (nSPS) is 10.6. The van der Waals surface area contributed by atoms with Crippen molar-refractivity contribution >= 4 is 51.4 Å². The number of anilines is 1. The molecule has 128 valence electrons. The van der Waals surface area contributed by atoms with Gasteiger partial charge in [-0.15, -0.1) is 11.3 Å². The van der Waals surface area contributed by atoms with Gasteiger partial charge in [0.05, 0.1) is 10.4 Å². The summed E-state index contributed by atoms with van der Waals surface area (Å²) in [5.41, 5.74) is 2.85. The molecule has 6 nitrogen and oxygen atoms in total. The van der Waals surface area contributed by atoms with Crippen LogP contribution < -0.4 is 10.6 Å². The van der Waals surface area contributed by atoms with Gasteiger partial charge in [0.1, 0.15) is 5.52 Å². The molecule has 0 bridgehead atoms. The summed E-state index contributed by atoms with van der Waals surface area (Å²) in [6.07, 6.45) is 3.39. The van der Waals surface area contributed by atoms with E-state index < -0.39 is 0 Å². The zero-order chi connectivity index (χ0) is 17.9. The van der Waals surface area contributed by atoms with Crippen molar-refractivity contribution in [1.29, 1.82) is 0 Å². The first-order chi connectivity index (χ1) is 12.7. The second-order valence-corrected chi connectivity index (χ2v) is 6.68. The van der Waals surface area contributed by atoms with Crippen molar-refractivity contribution in [2.45, 2.75) is 0 Å². The Morgan fingerprint density at radius 3 is 2.88 bits per heavy atom. The van der Waals surface area contributed by atoms with Crippen molar-refractivity contribution < 1.29 is 9.21 Å². The summed E-state index contributed by atoms with van der Waals surface area (Å²) in [5, 5.41) is 7.69. The predicted octanol–water partition coefficient (Wildman–Crippen LogP) is 4.08. The number of carbonyl (C=O) groups is 1. The zero-order valence-corrected chi connectivity index (χ0v) is 14.9. The van der Waals surface area contributed by atoms with Crippen LogP contribution in [-0.4, -0.2) is 21.0 Å². The Morgan fingerprint density at radius 2 is 2.12 bits per heavy atom. The average Bonchev–Trinajstić information content (AvgIpc) is 3.32. The van der Waals surface area contributed by atoms with E-state index >= 15 is 0 Å². The Hall–Kier alpha value is -3.10. The second-order valence-electron chi connectivity index (χ2n) is 5.33. The van der Waals surface area contributed by atoms with Gasteiger partial charge in [0.2, 0.25) is 5.89 Å². The maximum atomic E-state index is 12.0. The van der Waals surface area contributed by atoms with Crippen molar-refractivity contribution in [3.05, 3.63) is 65.1 Å². The van der Waals surface area contributed by atoms with E-state index in [-0.39, 0.29) is 11.0 Å². The quantitative estimate of drug-likeness (QED) is 0.522. The number of thiocarbonyl (C=S) groups is 1. The third-order valence-corrected chi connectivity index (χ3v) is 4.60. The van der Waals surface area contributed by atoms with E-state index in [0.717, 1.165) is 5.56 Å². The Kier molecular flexibility index (Phi) is 4.42. The molecule has 8 heteroatoms. The van der Waals surface area contributed by atoms with Gasteiger partial charge in [-0.3, -0.25) is 15.1 Å². The van der Waals surface area contributed by atoms with E-state index in [1.165, 1.54) is 11.3 Å². The van der Waals surface area contributed by atoms with Crippen LogP contribution in [0.3, 0.4) is 0 Å². The lowest BCUT2D eigenvalue weighted by molar-refractivity contribution is 0.0981. The molecule has 3 aromatic heterocycles. The molecule has 0 saturated carbocycles. The number of carbonyl (C=O) groups excluding carboxylic acids is 1. The zero-order valence-electron chi connectivity index (χ0n) is 13.3. The van der Waals surface area contributed by atoms with Gasteiger partial charge in [0.15, 0.2) is 10.7 Å². The highest BCUT2D eigenvalue weighted by Crippen LogP contribution is 2.25. The van der Waals surface area contributed by atoms with Crippen molar-refractivity contribution in [3.8, 4) is 11.5 Å². The Morgan fingerprint density at radius 1 is 1.19 bits per heavy atom. The summed E-state index contributed by atoms with van der Waals surface area (Å²) in [4.78, 5) is 21.2. The molecule has 4 aromatic rings. The van der Waals surface area contributed by atoms with E-state index in [1.54, 1.807) is 24.5 Å². The standard InChI is InChI=1S/C18H12N4O2S2/c23-16(15-4-2-8-26-15)22-18(25)20-12-5-6-14-13(9-12)21-17(24-14)11-3-1-7-19-10-11/h1-10H,(H2,20,22,23,25). The number of fused-ring (bicyclic) bond motifs is 1. The first-order valence-electron chi connectivity index (χ1n) is 7.66. The van der Waals surface area contributed by atoms with Crippen LogP contribution in [0.2, 0.25) is 0 Å². The molecule has 2 N–H and O–H groups in total. The molecule has 0 aliphatic carbocycles. The van der Waals surface area contributed by atoms with Gasteiger partial charge in [0, 0.05) is 18.1 Å². The number of nitrogens with one attached hydrogen (secondary N) is 2. The van der Waals surface area contributed by atoms with Gasteiger partial charge < -0.3 is 9.73 Å². The van der Waals surface area contributed by atoms with Crippen LogP contribution in [0.25, 0.3) is 22.6 Å². The van der Waals surface area contributed by atoms with Crippen LogP contribution >= 0.6 is 23.6 Å². The summed E-state index contributed by atoms with van der Waals surface area (Å²) in [6, 6.07) is 12.7. The SMILES string of the molecule is O=C(NC(=S)Nc1ccc2oc(-c3cccnc3)nc2c1)c1cccs1. The third kappa shape index (κ3) is 3.46. The summed E-state index contributed by atoms with van der Waals surface area (Å²) in [5.74, 6) is 0.262. The molecule has 0 spiro atoms. The maximum absolute atomic E-state index is 12.0. The lowest BCUT2D eigenvalue weighted by Gasteiger charge is -2.08. The third-order valence-electron chi connectivity index (χ3n) is 3.53. The smallest absolute Gasteiger partial charge is 0.267 e. The first-order valence-corrected chi connectivity index (χ1v) is 8.95. The van der Waals surface area contributed by atoms with Crippen molar-refractivity contribution in [2.75, 3.05) is 5.32 Å². The molecule has 3 heterocycles. The van der Waals surface area contributed by atoms with Gasteiger partial charge in [-0.25, -0.2) is 4.98 Å². The second kappa shape index (κ2) is 7.03. The fourth-order valence-electron chi connectivity index (χ4n) is 2.35. The number of hydrogen-bond donors (Lipinski definition) is 2. The minimum Gasteiger partial charge on any atom is -0.436 e. The minimum absolute atomic E-state index is 0.221. The highest BCUT2D eigenvalue weighted by atomic mass is 32.1. The van der Waals surface area contributed by atoms with Gasteiger partial charge in [0.25, 0.3) is 5.91 Å². The summed E-state index contributed by atoms with van der Waals surface area (Å²) in [6.45, 7) is 0. The van der Waals surface area contributed by atoms with Crippen LogP contribution in [0.5, 0.6) is 0 Å². The number of nitrogens with zero attached hydrogens (tertiary/aromatic N) is 2. The van der Waals surface area contributed by atoms with E-state index in [9.17, 15) is 4.79 Å². The van der Waals surface area contributed by atoms with Crippen LogP contribution in [0.4, 0.5) is 5.69 Å². The van der Waals surface area contributed by atoms with Crippen LogP contribution in [0, 0.1) is 0 Å². The predicted molar refractivity (Wildman–Crippen MR) is 105 cm³/mol. The highest BCUT2D eigenvalue weighted by molar-refractivity contribution is 7.80. The van der Waals surface area contributed by atoms with E-state index in [4.69, 9.17) is 16.6 Å². The Balaban J connectivity index is 1.50. The fraction of sp³-hybridized carbons (Fsp3) is 0. The van der Waals surface area contributed by atoms with E-state index in [0.29, 0.717) is 27.6 Å². The Labute approximate surface area is 157 Å². The lowest BCUT2D eigenvalue weighted by Crippen LogP contribution is -2.33. The highest BCUT2D eigenvalue weighted by Gasteiger charge is 2.11. The molecular weight excluding hydrogens is 368 g/mol. The molecule has 0 unspecified atom stereocenters. The fourth-order valence-corrected chi connectivity index (χ4v) is 3.18. The van der Waals surface area contributed by atoms with Gasteiger partial charge >= 0.3 is 0 Å². The van der Waals surface area contributed by atoms with Crippen LogP contribution in [-0.2, 0) is 0 Å². The van der Waals surface area contributed by atoms with Crippen molar-refractivity contribution in [3.63, 3.8) is 0 Å². The average molecular weight is 380 g/mol. The number of oxazole rings is 1. The molecule has 0 saturated heterocycles. The monoisotopic (exact) mass is 380 g/mol. The Bertz CT molecular complexity index is 1080. The largest absolute Gasteiger partial charge is 0.436 e. The van der Waals surface area contributed by atoms with Crippen LogP contribution in [0.15, 0.2) is 64.7 Å². The molecule has 0 fully saturated rings. The van der Waals surface area contributed by atoms with Gasteiger partial charge in [-0.05, 0) is 54.0 Å². The topological polar surface area (TPSA) is 80.0 Å². The first kappa shape index (κ1) is 16.4. The van der Waals surface area contributed by atoms with E-state index in [2.05, 4.69) is 20.6 Å². The molecule has 0 aliphatic rings. The number of pyridine rings is 1. The molecule has 1 aromatic carbocycles. The van der Waals surface area contributed by atoms with Crippen molar-refractivity contribution in [2.24, 2.45) is 0 Å². The molecule has 1 amide bonds. The van der Waals surface area contributed by atoms with Gasteiger partial charge in [-0.1, -0.05) is 6.07 Å². The van der Waals surface area contributed by atoms with Crippen LogP contribution in [0.1, 0.15) is 9.67 Å². The van der Waals surface area contributed by atoms with Crippen molar-refractivity contribution in [1.82, 2.24) is 15.3 Å². The summed E-state index contributed by atoms with van der Waals surface area (Å²) in [7, 11) is 0. The number of rotatable bonds is 3. The molecular formula is C18H12N4O2S2. The molecule has 4 rings (SSSR count). The molecule has 26 heavy (non-hydrogen) atoms. The number of aromatic nitrogens is 2. The number of amides is 1. The summed E-state index contributed by atoms with van der Waals surface area (Å²) < 4.78 is 5.75. The number of benzene rings is 1. The molecule has 0 atom stereocenters. The maximum Gasteiger partial charge on any atom is 0.267 e. The van der Waals surface area contributed by atoms with E-state index in [1.807, 2.05) is 35.7 Å². The summed E-state index contributed by atoms with van der Waals surface area (Å²) >= 11 is 6.56. The molecule has 0 aliphatic heterocycles. The minimum atomic E-state index is -0.237. The number of thiophene rings is 1.